The van der Waals surface area contributed by atoms with Crippen molar-refractivity contribution in [3.05, 3.63) is 0 Å². The lowest BCUT2D eigenvalue weighted by atomic mass is 10.1. The van der Waals surface area contributed by atoms with Crippen LogP contribution < -0.4 is 5.32 Å². The van der Waals surface area contributed by atoms with Gasteiger partial charge >= 0.3 is 11.9 Å². The minimum atomic E-state index is -0.867. The summed E-state index contributed by atoms with van der Waals surface area (Å²) in [6.45, 7) is 2.35. The van der Waals surface area contributed by atoms with Gasteiger partial charge in [0, 0.05) is 6.54 Å². The fourth-order valence-corrected chi connectivity index (χ4v) is 1.17. The molecule has 88 valence electrons. The van der Waals surface area contributed by atoms with Crippen molar-refractivity contribution < 1.29 is 19.4 Å². The topological polar surface area (TPSA) is 75.6 Å². The molecule has 0 radical (unpaired) electrons. The number of hydrogen-bond acceptors (Lipinski definition) is 4. The molecule has 0 saturated heterocycles. The summed E-state index contributed by atoms with van der Waals surface area (Å²) >= 11 is 0. The molecule has 1 unspecified atom stereocenters. The molecule has 0 aromatic rings. The summed E-state index contributed by atoms with van der Waals surface area (Å²) in [5.74, 6) is -1.20. The van der Waals surface area contributed by atoms with E-state index in [9.17, 15) is 9.59 Å². The second kappa shape index (κ2) is 8.23. The lowest BCUT2D eigenvalue weighted by Gasteiger charge is -2.13. The predicted octanol–water partition coefficient (Wildman–Crippen LogP) is 0.782. The number of rotatable bonds is 8. The molecule has 0 bridgehead atoms. The van der Waals surface area contributed by atoms with E-state index in [0.29, 0.717) is 13.0 Å². The molecule has 2 N–H and O–H groups in total. The van der Waals surface area contributed by atoms with Gasteiger partial charge in [-0.3, -0.25) is 9.59 Å². The fourth-order valence-electron chi connectivity index (χ4n) is 1.17. The molecule has 0 aliphatic rings. The van der Waals surface area contributed by atoms with E-state index in [1.54, 1.807) is 0 Å². The maximum absolute atomic E-state index is 10.8. The number of ether oxygens (including phenoxy) is 1. The van der Waals surface area contributed by atoms with Crippen molar-refractivity contribution in [3.63, 3.8) is 0 Å². The second-order valence-electron chi connectivity index (χ2n) is 3.31. The van der Waals surface area contributed by atoms with Gasteiger partial charge in [0.25, 0.3) is 0 Å². The van der Waals surface area contributed by atoms with Gasteiger partial charge in [0.05, 0.1) is 13.5 Å². The second-order valence-corrected chi connectivity index (χ2v) is 3.31. The monoisotopic (exact) mass is 217 g/mol. The Kier molecular flexibility index (Phi) is 7.62. The van der Waals surface area contributed by atoms with E-state index in [-0.39, 0.29) is 12.4 Å². The van der Waals surface area contributed by atoms with Crippen LogP contribution in [0.5, 0.6) is 0 Å². The summed E-state index contributed by atoms with van der Waals surface area (Å²) in [5, 5.41) is 11.7. The van der Waals surface area contributed by atoms with Gasteiger partial charge in [0.1, 0.15) is 6.04 Å². The van der Waals surface area contributed by atoms with Crippen molar-refractivity contribution in [2.75, 3.05) is 13.7 Å². The number of esters is 1. The Hall–Kier alpha value is -1.10. The minimum absolute atomic E-state index is 0.201. The number of carbonyl (C=O) groups is 2. The first-order chi connectivity index (χ1) is 7.11. The standard InChI is InChI=1S/C10H19NO4/c1-3-4-5-8(10(13)14)11-7-6-9(12)15-2/h8,11H,3-7H2,1-2H3,(H,13,14). The van der Waals surface area contributed by atoms with E-state index >= 15 is 0 Å². The van der Waals surface area contributed by atoms with Crippen LogP contribution in [0.15, 0.2) is 0 Å². The highest BCUT2D eigenvalue weighted by Crippen LogP contribution is 2.00. The van der Waals surface area contributed by atoms with Crippen molar-refractivity contribution in [1.29, 1.82) is 0 Å². The first kappa shape index (κ1) is 13.9. The maximum atomic E-state index is 10.8. The van der Waals surface area contributed by atoms with Crippen LogP contribution in [0.3, 0.4) is 0 Å². The summed E-state index contributed by atoms with van der Waals surface area (Å²) in [5.41, 5.74) is 0. The average molecular weight is 217 g/mol. The first-order valence-corrected chi connectivity index (χ1v) is 5.14. The van der Waals surface area contributed by atoms with Crippen molar-refractivity contribution >= 4 is 11.9 Å². The summed E-state index contributed by atoms with van der Waals surface area (Å²) in [4.78, 5) is 21.5. The van der Waals surface area contributed by atoms with Gasteiger partial charge < -0.3 is 15.2 Å². The largest absolute Gasteiger partial charge is 0.480 e. The van der Waals surface area contributed by atoms with Gasteiger partial charge in [0.15, 0.2) is 0 Å². The van der Waals surface area contributed by atoms with Crippen LogP contribution in [0, 0.1) is 0 Å². The van der Waals surface area contributed by atoms with Crippen LogP contribution in [0.4, 0.5) is 0 Å². The summed E-state index contributed by atoms with van der Waals surface area (Å²) < 4.78 is 4.45. The molecule has 0 heterocycles. The van der Waals surface area contributed by atoms with Crippen molar-refractivity contribution in [3.8, 4) is 0 Å². The van der Waals surface area contributed by atoms with Gasteiger partial charge in [-0.1, -0.05) is 19.8 Å². The molecule has 0 aliphatic carbocycles. The van der Waals surface area contributed by atoms with Crippen molar-refractivity contribution in [2.45, 2.75) is 38.6 Å². The van der Waals surface area contributed by atoms with Gasteiger partial charge in [-0.2, -0.15) is 0 Å². The first-order valence-electron chi connectivity index (χ1n) is 5.14. The van der Waals surface area contributed by atoms with E-state index in [1.807, 2.05) is 6.92 Å². The highest BCUT2D eigenvalue weighted by atomic mass is 16.5. The van der Waals surface area contributed by atoms with Crippen LogP contribution in [0.1, 0.15) is 32.6 Å². The van der Waals surface area contributed by atoms with E-state index < -0.39 is 12.0 Å². The van der Waals surface area contributed by atoms with Crippen LogP contribution in [-0.4, -0.2) is 36.7 Å². The van der Waals surface area contributed by atoms with E-state index in [2.05, 4.69) is 10.1 Å². The van der Waals surface area contributed by atoms with Crippen LogP contribution >= 0.6 is 0 Å². The van der Waals surface area contributed by atoms with Gasteiger partial charge in [-0.15, -0.1) is 0 Å². The number of nitrogens with one attached hydrogen (secondary N) is 1. The Balaban J connectivity index is 3.75. The summed E-state index contributed by atoms with van der Waals surface area (Å²) in [7, 11) is 1.31. The SMILES string of the molecule is CCCCC(NCCC(=O)OC)C(=O)O. The fraction of sp³-hybridized carbons (Fsp3) is 0.800. The highest BCUT2D eigenvalue weighted by Gasteiger charge is 2.15. The third-order valence-electron chi connectivity index (χ3n) is 2.09. The third kappa shape index (κ3) is 6.90. The molecule has 0 aromatic heterocycles. The van der Waals surface area contributed by atoms with Gasteiger partial charge in [0.2, 0.25) is 0 Å². The molecule has 1 atom stereocenters. The minimum Gasteiger partial charge on any atom is -0.480 e. The molecular formula is C10H19NO4. The van der Waals surface area contributed by atoms with Gasteiger partial charge in [-0.25, -0.2) is 0 Å². The van der Waals surface area contributed by atoms with E-state index in [0.717, 1.165) is 12.8 Å². The highest BCUT2D eigenvalue weighted by molar-refractivity contribution is 5.73. The molecule has 15 heavy (non-hydrogen) atoms. The summed E-state index contributed by atoms with van der Waals surface area (Å²) in [6.07, 6.45) is 2.62. The maximum Gasteiger partial charge on any atom is 0.320 e. The van der Waals surface area contributed by atoms with Crippen LogP contribution in [0.2, 0.25) is 0 Å². The number of aliphatic carboxylic acids is 1. The molecule has 0 aliphatic heterocycles. The lowest BCUT2D eigenvalue weighted by molar-refractivity contribution is -0.142. The Bertz CT molecular complexity index is 206. The van der Waals surface area contributed by atoms with E-state index in [4.69, 9.17) is 5.11 Å². The molecule has 0 saturated carbocycles. The van der Waals surface area contributed by atoms with Gasteiger partial charge in [-0.05, 0) is 6.42 Å². The molecule has 0 aromatic carbocycles. The Morgan fingerprint density at radius 3 is 2.60 bits per heavy atom. The molecule has 0 rings (SSSR count). The molecule has 5 nitrogen and oxygen atoms in total. The number of unbranched alkanes of at least 4 members (excludes halogenated alkanes) is 1. The quantitative estimate of drug-likeness (QED) is 0.588. The average Bonchev–Trinajstić information content (AvgIpc) is 2.22. The zero-order valence-corrected chi connectivity index (χ0v) is 9.28. The third-order valence-corrected chi connectivity index (χ3v) is 2.09. The molecule has 0 spiro atoms. The number of carbonyl (C=O) groups excluding carboxylic acids is 1. The number of hydrogen-bond donors (Lipinski definition) is 2. The van der Waals surface area contributed by atoms with E-state index in [1.165, 1.54) is 7.11 Å². The summed E-state index contributed by atoms with van der Waals surface area (Å²) in [6, 6.07) is -0.561. The van der Waals surface area contributed by atoms with Crippen LogP contribution in [0.25, 0.3) is 0 Å². The normalized spacial score (nSPS) is 12.1. The zero-order chi connectivity index (χ0) is 11.7. The molecule has 5 heteroatoms. The molecular weight excluding hydrogens is 198 g/mol. The lowest BCUT2D eigenvalue weighted by Crippen LogP contribution is -2.37. The molecule has 0 amide bonds. The van der Waals surface area contributed by atoms with Crippen LogP contribution in [-0.2, 0) is 14.3 Å². The Morgan fingerprint density at radius 1 is 1.47 bits per heavy atom. The van der Waals surface area contributed by atoms with Crippen molar-refractivity contribution in [2.24, 2.45) is 0 Å². The molecule has 0 fully saturated rings. The van der Waals surface area contributed by atoms with Crippen molar-refractivity contribution in [1.82, 2.24) is 5.32 Å². The predicted molar refractivity (Wildman–Crippen MR) is 55.6 cm³/mol. The number of carboxylic acids is 1. The smallest absolute Gasteiger partial charge is 0.320 e. The Morgan fingerprint density at radius 2 is 2.13 bits per heavy atom. The number of methoxy groups -OCH3 is 1. The Labute approximate surface area is 89.8 Å². The number of carboxylic acid groups (broad SMARTS) is 1. The zero-order valence-electron chi connectivity index (χ0n) is 9.28.